The van der Waals surface area contributed by atoms with Crippen molar-refractivity contribution < 1.29 is 19.8 Å². The number of carboxylic acid groups (broad SMARTS) is 2. The van der Waals surface area contributed by atoms with Gasteiger partial charge in [-0.25, -0.2) is 0 Å². The first-order chi connectivity index (χ1) is 7.58. The molecule has 16 heavy (non-hydrogen) atoms. The first-order valence-electron chi connectivity index (χ1n) is 6.03. The maximum Gasteiger partial charge on any atom is 0.307 e. The summed E-state index contributed by atoms with van der Waals surface area (Å²) in [6.07, 6.45) is 3.66. The molecule has 4 atom stereocenters. The van der Waals surface area contributed by atoms with Crippen LogP contribution in [0.3, 0.4) is 0 Å². The lowest BCUT2D eigenvalue weighted by Gasteiger charge is -2.55. The molecule has 4 aliphatic rings. The molecule has 88 valence electrons. The number of aliphatic carboxylic acids is 2. The minimum atomic E-state index is -0.778. The van der Waals surface area contributed by atoms with Gasteiger partial charge in [-0.3, -0.25) is 9.59 Å². The fraction of sp³-hybridized carbons (Fsp3) is 0.833. The number of hydrogen-bond acceptors (Lipinski definition) is 2. The van der Waals surface area contributed by atoms with Gasteiger partial charge in [0.25, 0.3) is 0 Å². The minimum absolute atomic E-state index is 0.105. The van der Waals surface area contributed by atoms with E-state index in [-0.39, 0.29) is 17.8 Å². The fourth-order valence-electron chi connectivity index (χ4n) is 4.68. The Morgan fingerprint density at radius 1 is 0.812 bits per heavy atom. The Kier molecular flexibility index (Phi) is 2.03. The molecule has 4 fully saturated rings. The average Bonchev–Trinajstić information content (AvgIpc) is 2.14. The van der Waals surface area contributed by atoms with E-state index < -0.39 is 23.8 Å². The van der Waals surface area contributed by atoms with E-state index in [1.807, 2.05) is 0 Å². The monoisotopic (exact) mass is 224 g/mol. The van der Waals surface area contributed by atoms with Crippen molar-refractivity contribution >= 4 is 11.9 Å². The number of rotatable bonds is 2. The highest BCUT2D eigenvalue weighted by Gasteiger charge is 2.57. The van der Waals surface area contributed by atoms with Crippen LogP contribution in [-0.2, 0) is 9.59 Å². The largest absolute Gasteiger partial charge is 0.481 e. The summed E-state index contributed by atoms with van der Waals surface area (Å²) in [4.78, 5) is 22.5. The topological polar surface area (TPSA) is 74.6 Å². The van der Waals surface area contributed by atoms with Crippen LogP contribution in [0.5, 0.6) is 0 Å². The third-order valence-corrected chi connectivity index (χ3v) is 4.99. The van der Waals surface area contributed by atoms with Gasteiger partial charge in [0.1, 0.15) is 0 Å². The summed E-state index contributed by atoms with van der Waals surface area (Å²) in [5, 5.41) is 18.5. The highest BCUT2D eigenvalue weighted by molar-refractivity contribution is 5.76. The molecule has 2 N–H and O–H groups in total. The standard InChI is InChI=1S/C12H16O4/c13-11(14)9-6-1-5-2-7(4-6)10(12(15)16)8(9)3-5/h5-10H,1-4H2,(H,13,14)(H,15,16). The molecule has 4 aliphatic carbocycles. The van der Waals surface area contributed by atoms with Crippen molar-refractivity contribution in [1.82, 2.24) is 0 Å². The summed E-state index contributed by atoms with van der Waals surface area (Å²) >= 11 is 0. The van der Waals surface area contributed by atoms with E-state index in [9.17, 15) is 19.8 Å². The summed E-state index contributed by atoms with van der Waals surface area (Å²) in [5.41, 5.74) is 0. The first kappa shape index (κ1) is 10.1. The van der Waals surface area contributed by atoms with Gasteiger partial charge in [0.05, 0.1) is 11.8 Å². The van der Waals surface area contributed by atoms with Crippen molar-refractivity contribution in [3.05, 3.63) is 0 Å². The molecule has 4 bridgehead atoms. The Balaban J connectivity index is 1.95. The van der Waals surface area contributed by atoms with E-state index in [0.717, 1.165) is 25.7 Å². The Hall–Kier alpha value is -1.06. The summed E-state index contributed by atoms with van der Waals surface area (Å²) in [7, 11) is 0. The zero-order valence-electron chi connectivity index (χ0n) is 9.00. The van der Waals surface area contributed by atoms with Gasteiger partial charge >= 0.3 is 11.9 Å². The zero-order valence-corrected chi connectivity index (χ0v) is 9.00. The molecular weight excluding hydrogens is 208 g/mol. The Morgan fingerprint density at radius 2 is 1.31 bits per heavy atom. The van der Waals surface area contributed by atoms with E-state index in [4.69, 9.17) is 0 Å². The van der Waals surface area contributed by atoms with Crippen LogP contribution >= 0.6 is 0 Å². The van der Waals surface area contributed by atoms with E-state index in [1.165, 1.54) is 0 Å². The van der Waals surface area contributed by atoms with Gasteiger partial charge in [-0.05, 0) is 49.4 Å². The molecule has 4 rings (SSSR count). The molecule has 0 heterocycles. The Labute approximate surface area is 93.6 Å². The summed E-state index contributed by atoms with van der Waals surface area (Å²) in [6.45, 7) is 0. The van der Waals surface area contributed by atoms with E-state index in [2.05, 4.69) is 0 Å². The minimum Gasteiger partial charge on any atom is -0.481 e. The van der Waals surface area contributed by atoms with Gasteiger partial charge in [-0.1, -0.05) is 0 Å². The van der Waals surface area contributed by atoms with Crippen LogP contribution in [0.1, 0.15) is 25.7 Å². The molecule has 4 saturated carbocycles. The maximum atomic E-state index is 11.3. The molecule has 0 aliphatic heterocycles. The van der Waals surface area contributed by atoms with Crippen molar-refractivity contribution in [3.63, 3.8) is 0 Å². The summed E-state index contributed by atoms with van der Waals surface area (Å²) in [5.74, 6) is -1.36. The lowest BCUT2D eigenvalue weighted by molar-refractivity contribution is -0.173. The molecule has 0 aromatic heterocycles. The number of carbonyl (C=O) groups is 2. The van der Waals surface area contributed by atoms with Gasteiger partial charge in [0, 0.05) is 0 Å². The average molecular weight is 224 g/mol. The zero-order chi connectivity index (χ0) is 11.4. The van der Waals surface area contributed by atoms with Crippen molar-refractivity contribution in [2.45, 2.75) is 25.7 Å². The molecule has 0 saturated heterocycles. The second kappa shape index (κ2) is 3.22. The van der Waals surface area contributed by atoms with Crippen LogP contribution < -0.4 is 0 Å². The molecule has 4 unspecified atom stereocenters. The van der Waals surface area contributed by atoms with E-state index in [0.29, 0.717) is 5.92 Å². The third-order valence-electron chi connectivity index (χ3n) is 4.99. The van der Waals surface area contributed by atoms with Crippen LogP contribution in [0.15, 0.2) is 0 Å². The lowest BCUT2D eigenvalue weighted by atomic mass is 9.48. The van der Waals surface area contributed by atoms with Crippen molar-refractivity contribution in [1.29, 1.82) is 0 Å². The number of hydrogen-bond donors (Lipinski definition) is 2. The van der Waals surface area contributed by atoms with Crippen molar-refractivity contribution in [2.24, 2.45) is 35.5 Å². The Morgan fingerprint density at radius 3 is 1.75 bits per heavy atom. The molecule has 0 aromatic rings. The summed E-state index contributed by atoms with van der Waals surface area (Å²) < 4.78 is 0. The third kappa shape index (κ3) is 1.22. The molecule has 0 radical (unpaired) electrons. The molecule has 0 aromatic carbocycles. The van der Waals surface area contributed by atoms with Gasteiger partial charge in [0.15, 0.2) is 0 Å². The van der Waals surface area contributed by atoms with E-state index in [1.54, 1.807) is 0 Å². The molecule has 4 nitrogen and oxygen atoms in total. The second-order valence-corrected chi connectivity index (χ2v) is 5.72. The first-order valence-corrected chi connectivity index (χ1v) is 6.03. The molecule has 0 spiro atoms. The maximum absolute atomic E-state index is 11.3. The van der Waals surface area contributed by atoms with Gasteiger partial charge < -0.3 is 10.2 Å². The van der Waals surface area contributed by atoms with Crippen molar-refractivity contribution in [3.8, 4) is 0 Å². The quantitative estimate of drug-likeness (QED) is 0.744. The van der Waals surface area contributed by atoms with Gasteiger partial charge in [-0.15, -0.1) is 0 Å². The fourth-order valence-corrected chi connectivity index (χ4v) is 4.68. The second-order valence-electron chi connectivity index (χ2n) is 5.72. The summed E-state index contributed by atoms with van der Waals surface area (Å²) in [6, 6.07) is 0. The highest BCUT2D eigenvalue weighted by atomic mass is 16.4. The van der Waals surface area contributed by atoms with Gasteiger partial charge in [0.2, 0.25) is 0 Å². The number of carboxylic acids is 2. The SMILES string of the molecule is O=C(O)C1C2CC3CC(C2)C(C(=O)O)C1C3. The van der Waals surface area contributed by atoms with Crippen LogP contribution in [0.25, 0.3) is 0 Å². The van der Waals surface area contributed by atoms with Gasteiger partial charge in [-0.2, -0.15) is 0 Å². The predicted molar refractivity (Wildman–Crippen MR) is 54.7 cm³/mol. The highest BCUT2D eigenvalue weighted by Crippen LogP contribution is 2.59. The Bertz CT molecular complexity index is 321. The smallest absolute Gasteiger partial charge is 0.307 e. The lowest BCUT2D eigenvalue weighted by Crippen LogP contribution is -2.55. The van der Waals surface area contributed by atoms with Crippen LogP contribution in [0, 0.1) is 35.5 Å². The van der Waals surface area contributed by atoms with Crippen LogP contribution in [-0.4, -0.2) is 22.2 Å². The normalized spacial score (nSPS) is 49.2. The van der Waals surface area contributed by atoms with Crippen LogP contribution in [0.4, 0.5) is 0 Å². The molecule has 4 heteroatoms. The van der Waals surface area contributed by atoms with Crippen molar-refractivity contribution in [2.75, 3.05) is 0 Å². The molecule has 0 amide bonds. The van der Waals surface area contributed by atoms with Crippen LogP contribution in [0.2, 0.25) is 0 Å². The van der Waals surface area contributed by atoms with E-state index >= 15 is 0 Å². The predicted octanol–water partition coefficient (Wildman–Crippen LogP) is 1.45. The molecular formula is C12H16O4.